The molecule has 2 fully saturated rings. The summed E-state index contributed by atoms with van der Waals surface area (Å²) in [5, 5.41) is 0. The molecule has 2 aliphatic rings. The van der Waals surface area contributed by atoms with E-state index in [-0.39, 0.29) is 18.1 Å². The van der Waals surface area contributed by atoms with E-state index >= 15 is 0 Å². The van der Waals surface area contributed by atoms with Gasteiger partial charge in [0.2, 0.25) is 0 Å². The van der Waals surface area contributed by atoms with E-state index in [9.17, 15) is 4.79 Å². The minimum absolute atomic E-state index is 0.160. The molecule has 2 unspecified atom stereocenters. The fraction of sp³-hybridized carbons (Fsp3) is 0.909. The molecular weight excluding hydrogens is 258 g/mol. The molecule has 4 heteroatoms. The second kappa shape index (κ2) is 4.83. The first kappa shape index (κ1) is 11.4. The predicted octanol–water partition coefficient (Wildman–Crippen LogP) is 1.94. The molecule has 0 aliphatic carbocycles. The first-order chi connectivity index (χ1) is 7.16. The van der Waals surface area contributed by atoms with Gasteiger partial charge in [-0.05, 0) is 32.6 Å². The summed E-state index contributed by atoms with van der Waals surface area (Å²) in [5.41, 5.74) is 0. The second-order valence-corrected chi connectivity index (χ2v) is 5.81. The molecule has 2 saturated heterocycles. The van der Waals surface area contributed by atoms with Crippen molar-refractivity contribution in [1.29, 1.82) is 0 Å². The fourth-order valence-corrected chi connectivity index (χ4v) is 2.67. The Morgan fingerprint density at radius 3 is 2.47 bits per heavy atom. The number of carbonyl (C=O) groups is 1. The predicted molar refractivity (Wildman–Crippen MR) is 62.1 cm³/mol. The number of rotatable bonds is 1. The zero-order valence-electron chi connectivity index (χ0n) is 9.12. The van der Waals surface area contributed by atoms with Crippen molar-refractivity contribution in [2.75, 3.05) is 13.1 Å². The maximum atomic E-state index is 12.0. The topological polar surface area (TPSA) is 29.5 Å². The van der Waals surface area contributed by atoms with E-state index < -0.39 is 0 Å². The van der Waals surface area contributed by atoms with Crippen LogP contribution in [0.25, 0.3) is 0 Å². The van der Waals surface area contributed by atoms with Crippen molar-refractivity contribution in [2.45, 2.75) is 49.6 Å². The number of carbonyl (C=O) groups excluding carboxylic acids is 1. The Morgan fingerprint density at radius 1 is 1.27 bits per heavy atom. The molecule has 15 heavy (non-hydrogen) atoms. The van der Waals surface area contributed by atoms with Crippen LogP contribution in [-0.2, 0) is 9.53 Å². The number of alkyl halides is 1. The maximum absolute atomic E-state index is 12.0. The van der Waals surface area contributed by atoms with Crippen LogP contribution in [0.2, 0.25) is 0 Å². The van der Waals surface area contributed by atoms with Gasteiger partial charge in [0.25, 0.3) is 5.91 Å². The van der Waals surface area contributed by atoms with Crippen molar-refractivity contribution in [2.24, 2.45) is 0 Å². The summed E-state index contributed by atoms with van der Waals surface area (Å²) in [5.74, 6) is 0.207. The van der Waals surface area contributed by atoms with Gasteiger partial charge in [-0.1, -0.05) is 15.9 Å². The molecular formula is C11H18BrNO2. The van der Waals surface area contributed by atoms with Crippen LogP contribution in [0.15, 0.2) is 0 Å². The smallest absolute Gasteiger partial charge is 0.251 e. The Labute approximate surface area is 99.3 Å². The summed E-state index contributed by atoms with van der Waals surface area (Å²) in [6.07, 6.45) is 4.14. The molecule has 0 aromatic heterocycles. The van der Waals surface area contributed by atoms with Crippen molar-refractivity contribution in [3.05, 3.63) is 0 Å². The number of amides is 1. The minimum Gasteiger partial charge on any atom is -0.365 e. The Bertz CT molecular complexity index is 239. The van der Waals surface area contributed by atoms with Crippen molar-refractivity contribution < 1.29 is 9.53 Å². The molecule has 2 heterocycles. The van der Waals surface area contributed by atoms with Gasteiger partial charge < -0.3 is 9.64 Å². The molecule has 0 aromatic rings. The summed E-state index contributed by atoms with van der Waals surface area (Å²) >= 11 is 3.59. The van der Waals surface area contributed by atoms with Gasteiger partial charge in [0.1, 0.15) is 6.10 Å². The number of piperidine rings is 1. The summed E-state index contributed by atoms with van der Waals surface area (Å²) < 4.78 is 5.60. The lowest BCUT2D eigenvalue weighted by molar-refractivity contribution is -0.143. The van der Waals surface area contributed by atoms with E-state index in [4.69, 9.17) is 4.74 Å². The number of likely N-dealkylation sites (tertiary alicyclic amines) is 1. The summed E-state index contributed by atoms with van der Waals surface area (Å²) in [6, 6.07) is 0. The molecule has 2 aliphatic heterocycles. The van der Waals surface area contributed by atoms with E-state index in [1.165, 1.54) is 0 Å². The molecule has 1 amide bonds. The van der Waals surface area contributed by atoms with Gasteiger partial charge in [-0.15, -0.1) is 0 Å². The van der Waals surface area contributed by atoms with Gasteiger partial charge in [-0.3, -0.25) is 4.79 Å². The van der Waals surface area contributed by atoms with Crippen LogP contribution in [0.4, 0.5) is 0 Å². The summed E-state index contributed by atoms with van der Waals surface area (Å²) in [6.45, 7) is 3.80. The van der Waals surface area contributed by atoms with Crippen LogP contribution in [0.3, 0.4) is 0 Å². The molecule has 3 nitrogen and oxygen atoms in total. The lowest BCUT2D eigenvalue weighted by Gasteiger charge is -2.31. The molecule has 0 bridgehead atoms. The lowest BCUT2D eigenvalue weighted by Crippen LogP contribution is -2.44. The van der Waals surface area contributed by atoms with E-state index in [2.05, 4.69) is 15.9 Å². The third-order valence-electron chi connectivity index (χ3n) is 3.24. The number of hydrogen-bond donors (Lipinski definition) is 0. The van der Waals surface area contributed by atoms with Crippen LogP contribution < -0.4 is 0 Å². The molecule has 2 rings (SSSR count). The van der Waals surface area contributed by atoms with Crippen molar-refractivity contribution in [1.82, 2.24) is 4.90 Å². The van der Waals surface area contributed by atoms with Gasteiger partial charge in [-0.25, -0.2) is 0 Å². The highest BCUT2D eigenvalue weighted by atomic mass is 79.9. The second-order valence-electron chi connectivity index (χ2n) is 4.51. The van der Waals surface area contributed by atoms with Crippen LogP contribution in [0.5, 0.6) is 0 Å². The van der Waals surface area contributed by atoms with Gasteiger partial charge in [-0.2, -0.15) is 0 Å². The highest BCUT2D eigenvalue weighted by molar-refractivity contribution is 9.09. The monoisotopic (exact) mass is 275 g/mol. The SMILES string of the molecule is CC1CCC(C(=O)N2CCC(Br)CC2)O1. The van der Waals surface area contributed by atoms with E-state index in [0.717, 1.165) is 38.8 Å². The normalized spacial score (nSPS) is 33.3. The average Bonchev–Trinajstić information content (AvgIpc) is 2.65. The summed E-state index contributed by atoms with van der Waals surface area (Å²) in [4.78, 5) is 14.6. The Morgan fingerprint density at radius 2 is 1.93 bits per heavy atom. The molecule has 0 radical (unpaired) electrons. The number of nitrogens with zero attached hydrogens (tertiary/aromatic N) is 1. The number of ether oxygens (including phenoxy) is 1. The first-order valence-electron chi connectivity index (χ1n) is 5.75. The van der Waals surface area contributed by atoms with E-state index in [0.29, 0.717) is 4.83 Å². The molecule has 0 N–H and O–H groups in total. The van der Waals surface area contributed by atoms with Crippen molar-refractivity contribution in [3.8, 4) is 0 Å². The van der Waals surface area contributed by atoms with Crippen LogP contribution in [-0.4, -0.2) is 40.9 Å². The highest BCUT2D eigenvalue weighted by Crippen LogP contribution is 2.23. The molecule has 0 aromatic carbocycles. The Hall–Kier alpha value is -0.0900. The standard InChI is InChI=1S/C11H18BrNO2/c1-8-2-3-10(15-8)11(14)13-6-4-9(12)5-7-13/h8-10H,2-7H2,1H3. The lowest BCUT2D eigenvalue weighted by atomic mass is 10.1. The Kier molecular flexibility index (Phi) is 3.67. The molecule has 0 saturated carbocycles. The van der Waals surface area contributed by atoms with E-state index in [1.807, 2.05) is 11.8 Å². The molecule has 0 spiro atoms. The van der Waals surface area contributed by atoms with E-state index in [1.54, 1.807) is 0 Å². The maximum Gasteiger partial charge on any atom is 0.251 e. The number of hydrogen-bond acceptors (Lipinski definition) is 2. The Balaban J connectivity index is 1.85. The first-order valence-corrected chi connectivity index (χ1v) is 6.66. The van der Waals surface area contributed by atoms with Crippen molar-refractivity contribution in [3.63, 3.8) is 0 Å². The van der Waals surface area contributed by atoms with Crippen LogP contribution in [0, 0.1) is 0 Å². The quantitative estimate of drug-likeness (QED) is 0.685. The third kappa shape index (κ3) is 2.72. The molecule has 2 atom stereocenters. The largest absolute Gasteiger partial charge is 0.365 e. The summed E-state index contributed by atoms with van der Waals surface area (Å²) in [7, 11) is 0. The van der Waals surface area contributed by atoms with Gasteiger partial charge >= 0.3 is 0 Å². The van der Waals surface area contributed by atoms with Gasteiger partial charge in [0.15, 0.2) is 0 Å². The zero-order valence-corrected chi connectivity index (χ0v) is 10.7. The highest BCUT2D eigenvalue weighted by Gasteiger charge is 2.32. The average molecular weight is 276 g/mol. The zero-order chi connectivity index (χ0) is 10.8. The fourth-order valence-electron chi connectivity index (χ4n) is 2.26. The van der Waals surface area contributed by atoms with Gasteiger partial charge in [0, 0.05) is 17.9 Å². The van der Waals surface area contributed by atoms with Crippen LogP contribution >= 0.6 is 15.9 Å². The molecule has 86 valence electrons. The third-order valence-corrected chi connectivity index (χ3v) is 4.16. The van der Waals surface area contributed by atoms with Crippen molar-refractivity contribution >= 4 is 21.8 Å². The number of halogens is 1. The minimum atomic E-state index is -0.160. The van der Waals surface area contributed by atoms with Crippen LogP contribution in [0.1, 0.15) is 32.6 Å². The van der Waals surface area contributed by atoms with Gasteiger partial charge in [0.05, 0.1) is 6.10 Å².